The van der Waals surface area contributed by atoms with E-state index in [4.69, 9.17) is 16.3 Å². The van der Waals surface area contributed by atoms with Gasteiger partial charge in [0, 0.05) is 22.6 Å². The van der Waals surface area contributed by atoms with Crippen LogP contribution in [0.1, 0.15) is 52.2 Å². The van der Waals surface area contributed by atoms with E-state index in [-0.39, 0.29) is 5.78 Å². The molecule has 112 valence electrons. The van der Waals surface area contributed by atoms with Crippen LogP contribution in [0.3, 0.4) is 0 Å². The van der Waals surface area contributed by atoms with Crippen molar-refractivity contribution in [2.75, 3.05) is 0 Å². The molecule has 3 heteroatoms. The van der Waals surface area contributed by atoms with Gasteiger partial charge in [-0.3, -0.25) is 4.79 Å². The molecule has 22 heavy (non-hydrogen) atoms. The van der Waals surface area contributed by atoms with Crippen LogP contribution in [0.25, 0.3) is 0 Å². The van der Waals surface area contributed by atoms with Crippen LogP contribution in [0, 0.1) is 0 Å². The minimum Gasteiger partial charge on any atom is -0.489 e. The number of benzene rings is 2. The first-order chi connectivity index (χ1) is 10.7. The molecule has 0 aliphatic heterocycles. The van der Waals surface area contributed by atoms with Gasteiger partial charge in [-0.1, -0.05) is 23.7 Å². The molecule has 0 amide bonds. The van der Waals surface area contributed by atoms with E-state index in [1.807, 2.05) is 18.2 Å². The van der Waals surface area contributed by atoms with Crippen molar-refractivity contribution >= 4 is 17.4 Å². The van der Waals surface area contributed by atoms with Gasteiger partial charge in [-0.05, 0) is 60.6 Å². The first-order valence-electron chi connectivity index (χ1n) is 7.78. The van der Waals surface area contributed by atoms with Crippen LogP contribution in [0.4, 0.5) is 0 Å². The number of halogens is 1. The minimum atomic E-state index is 0.236. The number of hydrogen-bond acceptors (Lipinski definition) is 2. The summed E-state index contributed by atoms with van der Waals surface area (Å²) in [7, 11) is 0. The maximum atomic E-state index is 11.6. The maximum absolute atomic E-state index is 11.6. The molecular weight excluding hydrogens is 296 g/mol. The second kappa shape index (κ2) is 5.44. The normalized spacial score (nSPS) is 16.7. The average molecular weight is 313 g/mol. The van der Waals surface area contributed by atoms with Crippen LogP contribution in [0.15, 0.2) is 36.4 Å². The number of hydrogen-bond donors (Lipinski definition) is 0. The predicted octanol–water partition coefficient (Wildman–Crippen LogP) is 4.93. The number of carbonyl (C=O) groups is 1. The molecular formula is C19H17ClO2. The van der Waals surface area contributed by atoms with E-state index >= 15 is 0 Å². The fraction of sp³-hybridized carbons (Fsp3) is 0.316. The smallest absolute Gasteiger partial charge is 0.163 e. The first-order valence-corrected chi connectivity index (χ1v) is 8.16. The summed E-state index contributed by atoms with van der Waals surface area (Å²) in [6.07, 6.45) is 4.00. The van der Waals surface area contributed by atoms with Gasteiger partial charge in [-0.15, -0.1) is 0 Å². The Bertz CT molecular complexity index is 747. The second-order valence-corrected chi connectivity index (χ2v) is 6.56. The first kappa shape index (κ1) is 13.8. The molecule has 0 aromatic heterocycles. The number of ether oxygens (including phenoxy) is 1. The highest BCUT2D eigenvalue weighted by Crippen LogP contribution is 2.41. The molecule has 0 saturated heterocycles. The van der Waals surface area contributed by atoms with Crippen molar-refractivity contribution < 1.29 is 9.53 Å². The number of aryl methyl sites for hydroxylation is 1. The Hall–Kier alpha value is -1.80. The van der Waals surface area contributed by atoms with Gasteiger partial charge in [-0.25, -0.2) is 0 Å². The fourth-order valence-corrected chi connectivity index (χ4v) is 3.28. The number of ketones is 1. The van der Waals surface area contributed by atoms with E-state index in [0.717, 1.165) is 33.9 Å². The summed E-state index contributed by atoms with van der Waals surface area (Å²) in [6.45, 7) is 0.455. The van der Waals surface area contributed by atoms with Crippen molar-refractivity contribution in [1.29, 1.82) is 0 Å². The quantitative estimate of drug-likeness (QED) is 0.800. The highest BCUT2D eigenvalue weighted by molar-refractivity contribution is 6.31. The van der Waals surface area contributed by atoms with Crippen molar-refractivity contribution in [2.45, 2.75) is 38.2 Å². The van der Waals surface area contributed by atoms with E-state index in [1.165, 1.54) is 18.4 Å². The number of rotatable bonds is 4. The summed E-state index contributed by atoms with van der Waals surface area (Å²) >= 11 is 6.36. The molecule has 4 rings (SSSR count). The molecule has 0 heterocycles. The van der Waals surface area contributed by atoms with E-state index in [2.05, 4.69) is 18.2 Å². The van der Waals surface area contributed by atoms with Crippen molar-refractivity contribution in [3.63, 3.8) is 0 Å². The predicted molar refractivity (Wildman–Crippen MR) is 86.9 cm³/mol. The maximum Gasteiger partial charge on any atom is 0.163 e. The van der Waals surface area contributed by atoms with Gasteiger partial charge in [0.1, 0.15) is 12.4 Å². The Kier molecular flexibility index (Phi) is 3.42. The third-order valence-electron chi connectivity index (χ3n) is 4.52. The SMILES string of the molecule is O=C1CCc2cc(OCc3ccc(C4CC4)cc3Cl)ccc21. The minimum absolute atomic E-state index is 0.236. The fourth-order valence-electron chi connectivity index (χ4n) is 3.03. The Labute approximate surface area is 135 Å². The van der Waals surface area contributed by atoms with E-state index in [9.17, 15) is 4.79 Å². The van der Waals surface area contributed by atoms with E-state index in [1.54, 1.807) is 0 Å². The zero-order valence-electron chi connectivity index (χ0n) is 12.3. The molecule has 0 spiro atoms. The highest BCUT2D eigenvalue weighted by atomic mass is 35.5. The molecule has 2 aliphatic carbocycles. The molecule has 1 fully saturated rings. The van der Waals surface area contributed by atoms with Gasteiger partial charge < -0.3 is 4.74 Å². The zero-order chi connectivity index (χ0) is 15.1. The lowest BCUT2D eigenvalue weighted by atomic mass is 10.1. The lowest BCUT2D eigenvalue weighted by molar-refractivity contribution is 0.0994. The van der Waals surface area contributed by atoms with E-state index < -0.39 is 0 Å². The molecule has 2 aromatic carbocycles. The summed E-state index contributed by atoms with van der Waals surface area (Å²) < 4.78 is 5.85. The van der Waals surface area contributed by atoms with E-state index in [0.29, 0.717) is 18.9 Å². The number of Topliss-reactive ketones (excluding diaryl/α,β-unsaturated/α-hetero) is 1. The second-order valence-electron chi connectivity index (χ2n) is 6.16. The third-order valence-corrected chi connectivity index (χ3v) is 4.87. The van der Waals surface area contributed by atoms with Crippen molar-refractivity contribution in [3.05, 3.63) is 63.7 Å². The summed E-state index contributed by atoms with van der Waals surface area (Å²) in [5.74, 6) is 1.75. The molecule has 2 aliphatic rings. The van der Waals surface area contributed by atoms with Gasteiger partial charge >= 0.3 is 0 Å². The molecule has 2 nitrogen and oxygen atoms in total. The molecule has 1 saturated carbocycles. The van der Waals surface area contributed by atoms with Crippen LogP contribution >= 0.6 is 11.6 Å². The molecule has 0 atom stereocenters. The Morgan fingerprint density at radius 3 is 2.73 bits per heavy atom. The van der Waals surface area contributed by atoms with Crippen LogP contribution < -0.4 is 4.74 Å². The van der Waals surface area contributed by atoms with Gasteiger partial charge in [0.15, 0.2) is 5.78 Å². The largest absolute Gasteiger partial charge is 0.489 e. The van der Waals surface area contributed by atoms with Crippen LogP contribution in [0.5, 0.6) is 5.75 Å². The Morgan fingerprint density at radius 2 is 1.95 bits per heavy atom. The molecule has 0 N–H and O–H groups in total. The standard InChI is InChI=1S/C19H17ClO2/c20-18-10-13(12-1-2-12)3-4-15(18)11-22-16-6-7-17-14(9-16)5-8-19(17)21/h3-4,6-7,9-10,12H,1-2,5,8,11H2. The number of fused-ring (bicyclic) bond motifs is 1. The summed E-state index contributed by atoms with van der Waals surface area (Å²) in [5.41, 5.74) is 4.28. The average Bonchev–Trinajstić information content (AvgIpc) is 3.31. The van der Waals surface area contributed by atoms with Crippen LogP contribution in [-0.2, 0) is 13.0 Å². The zero-order valence-corrected chi connectivity index (χ0v) is 13.0. The summed E-state index contributed by atoms with van der Waals surface area (Å²) in [4.78, 5) is 11.6. The molecule has 0 radical (unpaired) electrons. The number of carbonyl (C=O) groups excluding carboxylic acids is 1. The summed E-state index contributed by atoms with van der Waals surface area (Å²) in [5, 5.41) is 0.778. The van der Waals surface area contributed by atoms with Crippen molar-refractivity contribution in [1.82, 2.24) is 0 Å². The Balaban J connectivity index is 1.47. The monoisotopic (exact) mass is 312 g/mol. The van der Waals surface area contributed by atoms with Crippen LogP contribution in [0.2, 0.25) is 5.02 Å². The summed E-state index contributed by atoms with van der Waals surface area (Å²) in [6, 6.07) is 12.0. The third kappa shape index (κ3) is 2.64. The highest BCUT2D eigenvalue weighted by Gasteiger charge is 2.24. The molecule has 0 bridgehead atoms. The van der Waals surface area contributed by atoms with Gasteiger partial charge in [-0.2, -0.15) is 0 Å². The molecule has 2 aromatic rings. The van der Waals surface area contributed by atoms with Gasteiger partial charge in [0.2, 0.25) is 0 Å². The van der Waals surface area contributed by atoms with Crippen LogP contribution in [-0.4, -0.2) is 5.78 Å². The lowest BCUT2D eigenvalue weighted by Gasteiger charge is -2.10. The lowest BCUT2D eigenvalue weighted by Crippen LogP contribution is -1.98. The molecule has 0 unspecified atom stereocenters. The van der Waals surface area contributed by atoms with Crippen molar-refractivity contribution in [2.24, 2.45) is 0 Å². The Morgan fingerprint density at radius 1 is 1.09 bits per heavy atom. The van der Waals surface area contributed by atoms with Gasteiger partial charge in [0.05, 0.1) is 0 Å². The van der Waals surface area contributed by atoms with Crippen molar-refractivity contribution in [3.8, 4) is 5.75 Å². The van der Waals surface area contributed by atoms with Gasteiger partial charge in [0.25, 0.3) is 0 Å². The topological polar surface area (TPSA) is 26.3 Å².